The molecule has 1 rings (SSSR count). The van der Waals surface area contributed by atoms with Crippen molar-refractivity contribution in [3.63, 3.8) is 0 Å². The number of nitrogens with one attached hydrogen (secondary N) is 1. The minimum absolute atomic E-state index is 0.230. The number of carbonyl (C=O) groups excluding carboxylic acids is 1. The Kier molecular flexibility index (Phi) is 5.11. The molecule has 0 aromatic carbocycles. The molecule has 88 valence electrons. The van der Waals surface area contributed by atoms with Crippen molar-refractivity contribution >= 4 is 11.7 Å². The first-order valence-electron chi connectivity index (χ1n) is 5.15. The molecule has 1 aromatic rings. The topological polar surface area (TPSA) is 60.5 Å². The molecule has 1 aromatic heterocycles. The van der Waals surface area contributed by atoms with Crippen molar-refractivity contribution in [3.8, 4) is 5.88 Å². The number of carbonyl (C=O) groups is 1. The zero-order valence-electron chi connectivity index (χ0n) is 9.53. The van der Waals surface area contributed by atoms with Crippen molar-refractivity contribution in [2.45, 2.75) is 13.3 Å². The predicted molar refractivity (Wildman–Crippen MR) is 60.5 cm³/mol. The Hall–Kier alpha value is -1.78. The van der Waals surface area contributed by atoms with Gasteiger partial charge < -0.3 is 14.8 Å². The van der Waals surface area contributed by atoms with Gasteiger partial charge in [0.1, 0.15) is 0 Å². The fraction of sp³-hybridized carbons (Fsp3) is 0.455. The van der Waals surface area contributed by atoms with Crippen LogP contribution in [0.1, 0.15) is 13.3 Å². The van der Waals surface area contributed by atoms with Crippen LogP contribution in [0.25, 0.3) is 0 Å². The van der Waals surface area contributed by atoms with Crippen molar-refractivity contribution < 1.29 is 14.3 Å². The van der Waals surface area contributed by atoms with E-state index in [1.165, 1.54) is 7.11 Å². The molecule has 5 nitrogen and oxygen atoms in total. The van der Waals surface area contributed by atoms with E-state index in [4.69, 9.17) is 4.74 Å². The normalized spacial score (nSPS) is 9.62. The van der Waals surface area contributed by atoms with E-state index in [0.717, 1.165) is 5.69 Å². The van der Waals surface area contributed by atoms with Gasteiger partial charge in [0.2, 0.25) is 5.88 Å². The Bertz CT molecular complexity index is 325. The summed E-state index contributed by atoms with van der Waals surface area (Å²) in [5.41, 5.74) is 0.854. The van der Waals surface area contributed by atoms with Gasteiger partial charge in [0.15, 0.2) is 0 Å². The van der Waals surface area contributed by atoms with E-state index in [9.17, 15) is 4.79 Å². The van der Waals surface area contributed by atoms with Gasteiger partial charge in [0.25, 0.3) is 0 Å². The fourth-order valence-corrected chi connectivity index (χ4v) is 1.13. The Morgan fingerprint density at radius 3 is 2.88 bits per heavy atom. The van der Waals surface area contributed by atoms with Gasteiger partial charge in [0.05, 0.1) is 32.0 Å². The highest BCUT2D eigenvalue weighted by Crippen LogP contribution is 2.11. The van der Waals surface area contributed by atoms with Crippen LogP contribution < -0.4 is 10.1 Å². The molecule has 1 N–H and O–H groups in total. The van der Waals surface area contributed by atoms with Crippen LogP contribution in [0.15, 0.2) is 18.3 Å². The summed E-state index contributed by atoms with van der Waals surface area (Å²) in [5, 5.41) is 3.06. The molecule has 0 unspecified atom stereocenters. The molecule has 0 aliphatic heterocycles. The number of nitrogens with zero attached hydrogens (tertiary/aromatic N) is 1. The van der Waals surface area contributed by atoms with Crippen LogP contribution in [-0.4, -0.2) is 31.2 Å². The largest absolute Gasteiger partial charge is 0.478 e. The third-order valence-corrected chi connectivity index (χ3v) is 1.91. The lowest BCUT2D eigenvalue weighted by Crippen LogP contribution is -2.09. The van der Waals surface area contributed by atoms with E-state index < -0.39 is 0 Å². The van der Waals surface area contributed by atoms with E-state index in [2.05, 4.69) is 15.0 Å². The first-order valence-corrected chi connectivity index (χ1v) is 5.15. The second-order valence-electron chi connectivity index (χ2n) is 3.07. The molecule has 0 amide bonds. The van der Waals surface area contributed by atoms with Crippen molar-refractivity contribution in [1.82, 2.24) is 4.98 Å². The Morgan fingerprint density at radius 1 is 1.50 bits per heavy atom. The van der Waals surface area contributed by atoms with E-state index in [1.54, 1.807) is 12.3 Å². The first-order chi connectivity index (χ1) is 7.76. The SMILES string of the molecule is CCOc1ccc(NCCC(=O)OC)cn1. The van der Waals surface area contributed by atoms with Crippen molar-refractivity contribution in [1.29, 1.82) is 0 Å². The zero-order chi connectivity index (χ0) is 11.8. The molecular weight excluding hydrogens is 208 g/mol. The lowest BCUT2D eigenvalue weighted by molar-refractivity contribution is -0.140. The highest BCUT2D eigenvalue weighted by molar-refractivity contribution is 5.69. The van der Waals surface area contributed by atoms with Gasteiger partial charge in [-0.2, -0.15) is 0 Å². The molecule has 5 heteroatoms. The van der Waals surface area contributed by atoms with Crippen LogP contribution >= 0.6 is 0 Å². The molecule has 0 atom stereocenters. The number of hydrogen-bond donors (Lipinski definition) is 1. The number of hydrogen-bond acceptors (Lipinski definition) is 5. The Labute approximate surface area is 94.8 Å². The average Bonchev–Trinajstić information content (AvgIpc) is 2.31. The molecule has 1 heterocycles. The van der Waals surface area contributed by atoms with Gasteiger partial charge in [-0.25, -0.2) is 4.98 Å². The van der Waals surface area contributed by atoms with E-state index in [1.807, 2.05) is 13.0 Å². The average molecular weight is 224 g/mol. The summed E-state index contributed by atoms with van der Waals surface area (Å²) in [6, 6.07) is 3.64. The van der Waals surface area contributed by atoms with E-state index in [-0.39, 0.29) is 5.97 Å². The van der Waals surface area contributed by atoms with Gasteiger partial charge in [-0.15, -0.1) is 0 Å². The number of esters is 1. The number of rotatable bonds is 6. The zero-order valence-corrected chi connectivity index (χ0v) is 9.53. The third kappa shape index (κ3) is 4.16. The monoisotopic (exact) mass is 224 g/mol. The lowest BCUT2D eigenvalue weighted by Gasteiger charge is -2.06. The third-order valence-electron chi connectivity index (χ3n) is 1.91. The molecule has 0 saturated carbocycles. The maximum atomic E-state index is 10.8. The second-order valence-corrected chi connectivity index (χ2v) is 3.07. The fourth-order valence-electron chi connectivity index (χ4n) is 1.13. The quantitative estimate of drug-likeness (QED) is 0.741. The van der Waals surface area contributed by atoms with Crippen LogP contribution in [0.3, 0.4) is 0 Å². The lowest BCUT2D eigenvalue weighted by atomic mass is 10.3. The van der Waals surface area contributed by atoms with Crippen molar-refractivity contribution in [3.05, 3.63) is 18.3 Å². The minimum Gasteiger partial charge on any atom is -0.478 e. The second kappa shape index (κ2) is 6.66. The van der Waals surface area contributed by atoms with E-state index in [0.29, 0.717) is 25.5 Å². The summed E-state index contributed by atoms with van der Waals surface area (Å²) in [7, 11) is 1.38. The van der Waals surface area contributed by atoms with Crippen LogP contribution in [0.4, 0.5) is 5.69 Å². The van der Waals surface area contributed by atoms with Gasteiger partial charge in [-0.3, -0.25) is 4.79 Å². The van der Waals surface area contributed by atoms with Gasteiger partial charge in [-0.05, 0) is 13.0 Å². The highest BCUT2D eigenvalue weighted by atomic mass is 16.5. The standard InChI is InChI=1S/C11H16N2O3/c1-3-16-10-5-4-9(8-13-10)12-7-6-11(14)15-2/h4-5,8,12H,3,6-7H2,1-2H3. The van der Waals surface area contributed by atoms with Crippen LogP contribution in [0.5, 0.6) is 5.88 Å². The van der Waals surface area contributed by atoms with E-state index >= 15 is 0 Å². The van der Waals surface area contributed by atoms with Crippen molar-refractivity contribution in [2.75, 3.05) is 25.6 Å². The summed E-state index contributed by atoms with van der Waals surface area (Å²) in [4.78, 5) is 14.9. The molecule has 0 aliphatic carbocycles. The number of aromatic nitrogens is 1. The Morgan fingerprint density at radius 2 is 2.31 bits per heavy atom. The molecule has 16 heavy (non-hydrogen) atoms. The molecule has 0 radical (unpaired) electrons. The molecule has 0 saturated heterocycles. The Balaban J connectivity index is 2.34. The minimum atomic E-state index is -0.230. The number of methoxy groups -OCH3 is 1. The smallest absolute Gasteiger partial charge is 0.307 e. The highest BCUT2D eigenvalue weighted by Gasteiger charge is 2.00. The number of pyridine rings is 1. The molecule has 0 aliphatic rings. The molecule has 0 fully saturated rings. The van der Waals surface area contributed by atoms with Crippen LogP contribution in [0.2, 0.25) is 0 Å². The van der Waals surface area contributed by atoms with Gasteiger partial charge in [-0.1, -0.05) is 0 Å². The summed E-state index contributed by atoms with van der Waals surface area (Å²) in [5.74, 6) is 0.368. The summed E-state index contributed by atoms with van der Waals surface area (Å²) in [6.45, 7) is 3.04. The number of anilines is 1. The summed E-state index contributed by atoms with van der Waals surface area (Å²) >= 11 is 0. The predicted octanol–water partition coefficient (Wildman–Crippen LogP) is 1.46. The summed E-state index contributed by atoms with van der Waals surface area (Å²) < 4.78 is 9.73. The molecule has 0 bridgehead atoms. The summed E-state index contributed by atoms with van der Waals surface area (Å²) in [6.07, 6.45) is 2.01. The van der Waals surface area contributed by atoms with Crippen LogP contribution in [-0.2, 0) is 9.53 Å². The van der Waals surface area contributed by atoms with Gasteiger partial charge in [0, 0.05) is 12.6 Å². The molecule has 0 spiro atoms. The molecular formula is C11H16N2O3. The van der Waals surface area contributed by atoms with Crippen molar-refractivity contribution in [2.24, 2.45) is 0 Å². The number of ether oxygens (including phenoxy) is 2. The first kappa shape index (κ1) is 12.3. The maximum Gasteiger partial charge on any atom is 0.307 e. The van der Waals surface area contributed by atoms with Gasteiger partial charge >= 0.3 is 5.97 Å². The maximum absolute atomic E-state index is 10.8. The van der Waals surface area contributed by atoms with Crippen LogP contribution in [0, 0.1) is 0 Å².